The summed E-state index contributed by atoms with van der Waals surface area (Å²) in [5.74, 6) is -2.53. The van der Waals surface area contributed by atoms with E-state index < -0.39 is 39.0 Å². The molecule has 0 heterocycles. The van der Waals surface area contributed by atoms with E-state index in [1.165, 1.54) is 0 Å². The summed E-state index contributed by atoms with van der Waals surface area (Å²) >= 11 is 0. The Morgan fingerprint density at radius 3 is 2.31 bits per heavy atom. The Hall–Kier alpha value is -2.32. The van der Waals surface area contributed by atoms with Crippen LogP contribution in [-0.2, 0) is 14.8 Å². The topological polar surface area (TPSA) is 66.5 Å². The smallest absolute Gasteiger partial charge is 0.243 e. The van der Waals surface area contributed by atoms with E-state index in [2.05, 4.69) is 5.32 Å². The Morgan fingerprint density at radius 2 is 1.73 bits per heavy atom. The van der Waals surface area contributed by atoms with Gasteiger partial charge in [-0.1, -0.05) is 25.1 Å². The van der Waals surface area contributed by atoms with Gasteiger partial charge in [0.05, 0.1) is 11.4 Å². The number of rotatable bonds is 7. The molecule has 0 fully saturated rings. The zero-order valence-electron chi connectivity index (χ0n) is 14.5. The number of carbonyl (C=O) groups is 1. The second-order valence-corrected chi connectivity index (χ2v) is 7.74. The molecule has 5 nitrogen and oxygen atoms in total. The molecule has 0 unspecified atom stereocenters. The molecule has 2 aromatic rings. The molecule has 0 aliphatic rings. The van der Waals surface area contributed by atoms with Gasteiger partial charge < -0.3 is 5.32 Å². The minimum absolute atomic E-state index is 0.0433. The summed E-state index contributed by atoms with van der Waals surface area (Å²) in [7, 11) is -4.21. The highest BCUT2D eigenvalue weighted by molar-refractivity contribution is 7.89. The van der Waals surface area contributed by atoms with Crippen LogP contribution in [0.4, 0.5) is 14.5 Å². The Bertz CT molecular complexity index is 881. The van der Waals surface area contributed by atoms with Gasteiger partial charge in [0, 0.05) is 18.3 Å². The number of amides is 1. The van der Waals surface area contributed by atoms with E-state index in [1.54, 1.807) is 19.1 Å². The zero-order chi connectivity index (χ0) is 19.3. The quantitative estimate of drug-likeness (QED) is 0.799. The molecule has 0 aliphatic carbocycles. The third kappa shape index (κ3) is 4.86. The molecule has 2 rings (SSSR count). The van der Waals surface area contributed by atoms with Crippen LogP contribution in [0.2, 0.25) is 0 Å². The monoisotopic (exact) mass is 382 g/mol. The Labute approximate surface area is 151 Å². The van der Waals surface area contributed by atoms with E-state index in [1.807, 2.05) is 19.1 Å². The van der Waals surface area contributed by atoms with E-state index >= 15 is 0 Å². The normalized spacial score (nSPS) is 11.6. The Morgan fingerprint density at radius 1 is 1.12 bits per heavy atom. The first-order valence-electron chi connectivity index (χ1n) is 8.05. The number of nitrogens with zero attached hydrogens (tertiary/aromatic N) is 1. The van der Waals surface area contributed by atoms with Gasteiger partial charge in [-0.05, 0) is 37.1 Å². The van der Waals surface area contributed by atoms with Gasteiger partial charge >= 0.3 is 0 Å². The number of carbonyl (C=O) groups excluding carboxylic acids is 1. The number of halogens is 2. The van der Waals surface area contributed by atoms with E-state index in [4.69, 9.17) is 0 Å². The lowest BCUT2D eigenvalue weighted by Crippen LogP contribution is -2.38. The van der Waals surface area contributed by atoms with Crippen LogP contribution in [-0.4, -0.2) is 31.7 Å². The van der Waals surface area contributed by atoms with Crippen LogP contribution < -0.4 is 5.32 Å². The van der Waals surface area contributed by atoms with Gasteiger partial charge in [-0.25, -0.2) is 17.2 Å². The molecule has 0 radical (unpaired) electrons. The average Bonchev–Trinajstić information content (AvgIpc) is 2.55. The Balaban J connectivity index is 2.24. The van der Waals surface area contributed by atoms with Crippen LogP contribution in [0.1, 0.15) is 18.9 Å². The number of para-hydroxylation sites is 1. The predicted octanol–water partition coefficient (Wildman–Crippen LogP) is 3.31. The highest BCUT2D eigenvalue weighted by Gasteiger charge is 2.27. The maximum absolute atomic E-state index is 13.4. The van der Waals surface area contributed by atoms with E-state index in [9.17, 15) is 22.0 Å². The van der Waals surface area contributed by atoms with Gasteiger partial charge in [-0.15, -0.1) is 0 Å². The van der Waals surface area contributed by atoms with Crippen LogP contribution in [0.15, 0.2) is 47.4 Å². The van der Waals surface area contributed by atoms with Crippen molar-refractivity contribution in [3.63, 3.8) is 0 Å². The second-order valence-electron chi connectivity index (χ2n) is 5.81. The van der Waals surface area contributed by atoms with Crippen LogP contribution in [0.25, 0.3) is 0 Å². The molecule has 0 aromatic heterocycles. The molecule has 1 amide bonds. The average molecular weight is 382 g/mol. The summed E-state index contributed by atoms with van der Waals surface area (Å²) in [4.78, 5) is 11.8. The van der Waals surface area contributed by atoms with Crippen molar-refractivity contribution in [3.05, 3.63) is 59.7 Å². The minimum Gasteiger partial charge on any atom is -0.325 e. The molecule has 140 valence electrons. The van der Waals surface area contributed by atoms with E-state index in [0.717, 1.165) is 22.0 Å². The summed E-state index contributed by atoms with van der Waals surface area (Å²) in [5, 5.41) is 2.65. The number of anilines is 1. The van der Waals surface area contributed by atoms with Crippen molar-refractivity contribution in [2.75, 3.05) is 18.4 Å². The molecule has 0 saturated carbocycles. The molecule has 0 spiro atoms. The van der Waals surface area contributed by atoms with Crippen LogP contribution in [0.5, 0.6) is 0 Å². The number of hydrogen-bond acceptors (Lipinski definition) is 3. The first kappa shape index (κ1) is 20.0. The molecule has 8 heteroatoms. The standard InChI is InChI=1S/C18H20F2N2O3S/c1-3-8-22(12-18(23)21-17-7-5-4-6-13(17)2)26(24,25)16-10-14(19)9-15(20)11-16/h4-7,9-11H,3,8,12H2,1-2H3,(H,21,23). The summed E-state index contributed by atoms with van der Waals surface area (Å²) in [6.45, 7) is 3.14. The predicted molar refractivity (Wildman–Crippen MR) is 95.2 cm³/mol. The minimum atomic E-state index is -4.21. The maximum atomic E-state index is 13.4. The van der Waals surface area contributed by atoms with Crippen molar-refractivity contribution in [1.29, 1.82) is 0 Å². The van der Waals surface area contributed by atoms with Crippen molar-refractivity contribution in [1.82, 2.24) is 4.31 Å². The van der Waals surface area contributed by atoms with Gasteiger partial charge in [0.1, 0.15) is 11.6 Å². The molecule has 0 atom stereocenters. The molecule has 0 aliphatic heterocycles. The third-order valence-electron chi connectivity index (χ3n) is 3.69. The first-order chi connectivity index (χ1) is 12.2. The fraction of sp³-hybridized carbons (Fsp3) is 0.278. The number of hydrogen-bond donors (Lipinski definition) is 1. The van der Waals surface area contributed by atoms with Gasteiger partial charge in [-0.3, -0.25) is 4.79 Å². The van der Waals surface area contributed by atoms with Gasteiger partial charge in [-0.2, -0.15) is 4.31 Å². The molecule has 2 aromatic carbocycles. The van der Waals surface area contributed by atoms with Crippen LogP contribution in [0, 0.1) is 18.6 Å². The highest BCUT2D eigenvalue weighted by atomic mass is 32.2. The zero-order valence-corrected chi connectivity index (χ0v) is 15.3. The molecule has 0 bridgehead atoms. The number of sulfonamides is 1. The summed E-state index contributed by atoms with van der Waals surface area (Å²) in [5.41, 5.74) is 1.40. The van der Waals surface area contributed by atoms with Crippen LogP contribution in [0.3, 0.4) is 0 Å². The lowest BCUT2D eigenvalue weighted by molar-refractivity contribution is -0.116. The molecule has 26 heavy (non-hydrogen) atoms. The SMILES string of the molecule is CCCN(CC(=O)Nc1ccccc1C)S(=O)(=O)c1cc(F)cc(F)c1. The van der Waals surface area contributed by atoms with Gasteiger partial charge in [0.15, 0.2) is 0 Å². The number of aryl methyl sites for hydroxylation is 1. The largest absolute Gasteiger partial charge is 0.325 e. The summed E-state index contributed by atoms with van der Waals surface area (Å²) < 4.78 is 53.1. The first-order valence-corrected chi connectivity index (χ1v) is 9.49. The van der Waals surface area contributed by atoms with Gasteiger partial charge in [0.25, 0.3) is 0 Å². The highest BCUT2D eigenvalue weighted by Crippen LogP contribution is 2.19. The summed E-state index contributed by atoms with van der Waals surface area (Å²) in [6.07, 6.45) is 0.439. The van der Waals surface area contributed by atoms with Gasteiger partial charge in [0.2, 0.25) is 15.9 Å². The van der Waals surface area contributed by atoms with Crippen molar-refractivity contribution in [2.24, 2.45) is 0 Å². The lowest BCUT2D eigenvalue weighted by Gasteiger charge is -2.21. The van der Waals surface area contributed by atoms with Crippen molar-refractivity contribution >= 4 is 21.6 Å². The van der Waals surface area contributed by atoms with E-state index in [0.29, 0.717) is 18.2 Å². The number of benzene rings is 2. The van der Waals surface area contributed by atoms with Crippen molar-refractivity contribution in [2.45, 2.75) is 25.2 Å². The van der Waals surface area contributed by atoms with Crippen molar-refractivity contribution < 1.29 is 22.0 Å². The maximum Gasteiger partial charge on any atom is 0.243 e. The molecule has 0 saturated heterocycles. The second kappa shape index (κ2) is 8.37. The third-order valence-corrected chi connectivity index (χ3v) is 5.51. The van der Waals surface area contributed by atoms with E-state index in [-0.39, 0.29) is 6.54 Å². The molecular weight excluding hydrogens is 362 g/mol. The Kier molecular flexibility index (Phi) is 6.44. The number of nitrogens with one attached hydrogen (secondary N) is 1. The molecular formula is C18H20F2N2O3S. The fourth-order valence-electron chi connectivity index (χ4n) is 2.42. The lowest BCUT2D eigenvalue weighted by atomic mass is 10.2. The molecule has 1 N–H and O–H groups in total. The fourth-order valence-corrected chi connectivity index (χ4v) is 3.95. The summed E-state index contributed by atoms with van der Waals surface area (Å²) in [6, 6.07) is 9.14. The van der Waals surface area contributed by atoms with Crippen LogP contribution >= 0.6 is 0 Å². The van der Waals surface area contributed by atoms with Crippen molar-refractivity contribution in [3.8, 4) is 0 Å².